The molecule has 1 aliphatic heterocycles. The average molecular weight is 229 g/mol. The molecule has 0 bridgehead atoms. The van der Waals surface area contributed by atoms with E-state index < -0.39 is 11.8 Å². The zero-order valence-corrected chi connectivity index (χ0v) is 8.58. The van der Waals surface area contributed by atoms with Crippen molar-refractivity contribution in [1.82, 2.24) is 0 Å². The van der Waals surface area contributed by atoms with E-state index in [2.05, 4.69) is 0 Å². The van der Waals surface area contributed by atoms with Gasteiger partial charge in [-0.1, -0.05) is 0 Å². The van der Waals surface area contributed by atoms with Crippen LogP contribution in [-0.4, -0.2) is 16.9 Å². The lowest BCUT2D eigenvalue weighted by atomic mass is 10.2. The van der Waals surface area contributed by atoms with Crippen LogP contribution < -0.4 is 4.90 Å². The Bertz CT molecular complexity index is 650. The van der Waals surface area contributed by atoms with Gasteiger partial charge in [0.2, 0.25) is 0 Å². The molecule has 2 aromatic rings. The Labute approximate surface area is 95.5 Å². The van der Waals surface area contributed by atoms with Crippen LogP contribution in [-0.2, 0) is 9.59 Å². The topological polar surface area (TPSA) is 70.8 Å². The van der Waals surface area contributed by atoms with Crippen LogP contribution in [0.3, 0.4) is 0 Å². The van der Waals surface area contributed by atoms with E-state index in [-0.39, 0.29) is 5.75 Å². The number of phenolic OH excluding ortho intramolecular Hbond substituents is 1. The van der Waals surface area contributed by atoms with Crippen molar-refractivity contribution < 1.29 is 19.1 Å². The molecular weight excluding hydrogens is 222 g/mol. The van der Waals surface area contributed by atoms with Crippen LogP contribution in [0.25, 0.3) is 11.0 Å². The molecule has 2 heterocycles. The van der Waals surface area contributed by atoms with Gasteiger partial charge in [-0.3, -0.25) is 9.59 Å². The summed E-state index contributed by atoms with van der Waals surface area (Å²) in [6.07, 6.45) is 3.79. The number of fused-ring (bicyclic) bond motifs is 1. The van der Waals surface area contributed by atoms with Crippen molar-refractivity contribution >= 4 is 28.5 Å². The predicted molar refractivity (Wildman–Crippen MR) is 59.5 cm³/mol. The van der Waals surface area contributed by atoms with E-state index in [1.165, 1.54) is 30.5 Å². The lowest BCUT2D eigenvalue weighted by Gasteiger charge is -2.14. The first kappa shape index (κ1) is 9.65. The quantitative estimate of drug-likeness (QED) is 0.753. The number of hydrogen-bond donors (Lipinski definition) is 1. The van der Waals surface area contributed by atoms with E-state index in [0.29, 0.717) is 16.7 Å². The number of phenols is 1. The second-order valence-corrected chi connectivity index (χ2v) is 3.61. The van der Waals surface area contributed by atoms with Crippen molar-refractivity contribution in [3.05, 3.63) is 36.6 Å². The molecule has 0 saturated heterocycles. The number of rotatable bonds is 1. The molecule has 0 atom stereocenters. The molecule has 0 aliphatic carbocycles. The summed E-state index contributed by atoms with van der Waals surface area (Å²) in [7, 11) is 0. The highest BCUT2D eigenvalue weighted by atomic mass is 16.3. The van der Waals surface area contributed by atoms with Crippen molar-refractivity contribution in [2.24, 2.45) is 0 Å². The number of carbonyl (C=O) groups excluding carboxylic acids is 2. The number of furan rings is 1. The fourth-order valence-corrected chi connectivity index (χ4v) is 1.85. The summed E-state index contributed by atoms with van der Waals surface area (Å²) in [6.45, 7) is 0. The molecular formula is C12H7NO4. The molecule has 84 valence electrons. The Morgan fingerprint density at radius 3 is 2.47 bits per heavy atom. The minimum atomic E-state index is -0.418. The maximum absolute atomic E-state index is 11.5. The van der Waals surface area contributed by atoms with Crippen LogP contribution in [0.5, 0.6) is 5.75 Å². The van der Waals surface area contributed by atoms with Crippen LogP contribution in [0.2, 0.25) is 0 Å². The fourth-order valence-electron chi connectivity index (χ4n) is 1.85. The molecule has 0 unspecified atom stereocenters. The molecule has 2 amide bonds. The second kappa shape index (κ2) is 3.21. The van der Waals surface area contributed by atoms with Crippen LogP contribution in [0.4, 0.5) is 5.69 Å². The first-order chi connectivity index (χ1) is 8.18. The van der Waals surface area contributed by atoms with Crippen LogP contribution in [0.15, 0.2) is 41.0 Å². The molecule has 17 heavy (non-hydrogen) atoms. The lowest BCUT2D eigenvalue weighted by Crippen LogP contribution is -2.29. The highest BCUT2D eigenvalue weighted by Crippen LogP contribution is 2.34. The number of anilines is 1. The van der Waals surface area contributed by atoms with Gasteiger partial charge >= 0.3 is 0 Å². The van der Waals surface area contributed by atoms with Crippen molar-refractivity contribution in [2.75, 3.05) is 4.90 Å². The minimum absolute atomic E-state index is 0.0459. The summed E-state index contributed by atoms with van der Waals surface area (Å²) >= 11 is 0. The summed E-state index contributed by atoms with van der Waals surface area (Å²) in [5, 5.41) is 10.1. The van der Waals surface area contributed by atoms with Crippen molar-refractivity contribution in [2.45, 2.75) is 0 Å². The Morgan fingerprint density at radius 1 is 1.06 bits per heavy atom. The van der Waals surface area contributed by atoms with Gasteiger partial charge in [0.1, 0.15) is 5.75 Å². The van der Waals surface area contributed by atoms with Crippen LogP contribution in [0.1, 0.15) is 0 Å². The Morgan fingerprint density at radius 2 is 1.76 bits per heavy atom. The van der Waals surface area contributed by atoms with Crippen molar-refractivity contribution in [3.63, 3.8) is 0 Å². The van der Waals surface area contributed by atoms with E-state index >= 15 is 0 Å². The highest BCUT2D eigenvalue weighted by molar-refractivity contribution is 6.30. The first-order valence-corrected chi connectivity index (χ1v) is 4.94. The second-order valence-electron chi connectivity index (χ2n) is 3.61. The molecule has 0 radical (unpaired) electrons. The number of amides is 2. The van der Waals surface area contributed by atoms with Gasteiger partial charge in [-0.25, -0.2) is 4.90 Å². The standard InChI is InChI=1S/C12H7NO4/c14-9-2-1-8(12-7(9)5-6-17-12)13-10(15)3-4-11(13)16/h1-6,14H. The summed E-state index contributed by atoms with van der Waals surface area (Å²) < 4.78 is 5.21. The smallest absolute Gasteiger partial charge is 0.258 e. The van der Waals surface area contributed by atoms with Crippen molar-refractivity contribution in [1.29, 1.82) is 0 Å². The number of nitrogens with zero attached hydrogens (tertiary/aromatic N) is 1. The molecule has 0 saturated carbocycles. The van der Waals surface area contributed by atoms with Gasteiger partial charge in [-0.05, 0) is 18.2 Å². The predicted octanol–water partition coefficient (Wildman–Crippen LogP) is 1.57. The van der Waals surface area contributed by atoms with Gasteiger partial charge in [-0.2, -0.15) is 0 Å². The maximum atomic E-state index is 11.5. The summed E-state index contributed by atoms with van der Waals surface area (Å²) in [5.41, 5.74) is 0.651. The molecule has 1 aliphatic rings. The maximum Gasteiger partial charge on any atom is 0.258 e. The van der Waals surface area contributed by atoms with E-state index in [4.69, 9.17) is 4.42 Å². The molecule has 0 spiro atoms. The SMILES string of the molecule is O=C1C=CC(=O)N1c1ccc(O)c2ccoc12. The molecule has 1 aromatic heterocycles. The summed E-state index contributed by atoms with van der Waals surface area (Å²) in [4.78, 5) is 24.1. The zero-order valence-electron chi connectivity index (χ0n) is 8.58. The number of imide groups is 1. The largest absolute Gasteiger partial charge is 0.507 e. The molecule has 0 fully saturated rings. The van der Waals surface area contributed by atoms with Crippen LogP contribution >= 0.6 is 0 Å². The highest BCUT2D eigenvalue weighted by Gasteiger charge is 2.28. The Kier molecular flexibility index (Phi) is 1.82. The van der Waals surface area contributed by atoms with Gasteiger partial charge < -0.3 is 9.52 Å². The van der Waals surface area contributed by atoms with Gasteiger partial charge in [0, 0.05) is 12.2 Å². The van der Waals surface area contributed by atoms with Crippen molar-refractivity contribution in [3.8, 4) is 5.75 Å². The lowest BCUT2D eigenvalue weighted by molar-refractivity contribution is -0.119. The summed E-state index contributed by atoms with van der Waals surface area (Å²) in [5.74, 6) is -0.790. The third-order valence-corrected chi connectivity index (χ3v) is 2.62. The number of benzene rings is 1. The Balaban J connectivity index is 2.25. The van der Waals surface area contributed by atoms with E-state index in [9.17, 15) is 14.7 Å². The molecule has 5 heteroatoms. The molecule has 1 N–H and O–H groups in total. The van der Waals surface area contributed by atoms with Gasteiger partial charge in [-0.15, -0.1) is 0 Å². The van der Waals surface area contributed by atoms with E-state index in [1.807, 2.05) is 0 Å². The normalized spacial score (nSPS) is 15.2. The minimum Gasteiger partial charge on any atom is -0.507 e. The number of aromatic hydroxyl groups is 1. The van der Waals surface area contributed by atoms with Gasteiger partial charge in [0.05, 0.1) is 17.3 Å². The molecule has 3 rings (SSSR count). The summed E-state index contributed by atoms with van der Waals surface area (Å²) in [6, 6.07) is 4.47. The first-order valence-electron chi connectivity index (χ1n) is 4.94. The monoisotopic (exact) mass is 229 g/mol. The Hall–Kier alpha value is -2.56. The van der Waals surface area contributed by atoms with Gasteiger partial charge in [0.25, 0.3) is 11.8 Å². The molecule has 5 nitrogen and oxygen atoms in total. The van der Waals surface area contributed by atoms with E-state index in [1.54, 1.807) is 6.07 Å². The number of carbonyl (C=O) groups is 2. The molecule has 1 aromatic carbocycles. The third-order valence-electron chi connectivity index (χ3n) is 2.62. The third kappa shape index (κ3) is 1.25. The number of hydrogen-bond acceptors (Lipinski definition) is 4. The van der Waals surface area contributed by atoms with Gasteiger partial charge in [0.15, 0.2) is 5.58 Å². The van der Waals surface area contributed by atoms with E-state index in [0.717, 1.165) is 4.90 Å². The average Bonchev–Trinajstić information content (AvgIpc) is 2.89. The van der Waals surface area contributed by atoms with Crippen LogP contribution in [0, 0.1) is 0 Å². The fraction of sp³-hybridized carbons (Fsp3) is 0. The zero-order chi connectivity index (χ0) is 12.0.